The zero-order valence-corrected chi connectivity index (χ0v) is 15.3. The van der Waals surface area contributed by atoms with Crippen LogP contribution in [0.4, 0.5) is 5.69 Å². The first kappa shape index (κ1) is 15.7. The fraction of sp³-hybridized carbons (Fsp3) is 0.158. The molecule has 0 saturated heterocycles. The van der Waals surface area contributed by atoms with Crippen molar-refractivity contribution in [3.63, 3.8) is 0 Å². The molecule has 3 nitrogen and oxygen atoms in total. The molecule has 0 aromatic heterocycles. The van der Waals surface area contributed by atoms with E-state index in [1.54, 1.807) is 0 Å². The van der Waals surface area contributed by atoms with Gasteiger partial charge in [0.1, 0.15) is 0 Å². The molecule has 0 saturated carbocycles. The molecule has 1 aliphatic carbocycles. The summed E-state index contributed by atoms with van der Waals surface area (Å²) in [6.45, 7) is 0. The molecule has 3 aromatic carbocycles. The van der Waals surface area contributed by atoms with Gasteiger partial charge in [-0.05, 0) is 53.1 Å². The summed E-state index contributed by atoms with van der Waals surface area (Å²) < 4.78 is 28.8. The highest BCUT2D eigenvalue weighted by molar-refractivity contribution is 9.10. The number of hydrogen-bond donors (Lipinski definition) is 1. The van der Waals surface area contributed by atoms with Gasteiger partial charge in [0.2, 0.25) is 10.0 Å². The summed E-state index contributed by atoms with van der Waals surface area (Å²) >= 11 is 3.36. The molecule has 0 atom stereocenters. The predicted octanol–water partition coefficient (Wildman–Crippen LogP) is 4.64. The van der Waals surface area contributed by atoms with Crippen LogP contribution in [0.3, 0.4) is 0 Å². The van der Waals surface area contributed by atoms with Crippen LogP contribution in [-0.4, -0.2) is 8.42 Å². The van der Waals surface area contributed by atoms with E-state index in [4.69, 9.17) is 0 Å². The molecule has 0 fully saturated rings. The third-order valence-corrected chi connectivity index (χ3v) is 6.19. The van der Waals surface area contributed by atoms with Gasteiger partial charge in [-0.25, -0.2) is 8.42 Å². The van der Waals surface area contributed by atoms with Crippen LogP contribution in [0.15, 0.2) is 59.1 Å². The minimum absolute atomic E-state index is 0.0385. The van der Waals surface area contributed by atoms with Gasteiger partial charge < -0.3 is 0 Å². The highest BCUT2D eigenvalue weighted by Gasteiger charge is 2.18. The van der Waals surface area contributed by atoms with Crippen molar-refractivity contribution in [2.45, 2.75) is 18.6 Å². The summed E-state index contributed by atoms with van der Waals surface area (Å²) in [6, 6.07) is 17.4. The summed E-state index contributed by atoms with van der Waals surface area (Å²) in [5.41, 5.74) is 4.03. The average molecular weight is 402 g/mol. The molecule has 0 bridgehead atoms. The van der Waals surface area contributed by atoms with Crippen LogP contribution in [0.5, 0.6) is 0 Å². The quantitative estimate of drug-likeness (QED) is 0.691. The van der Waals surface area contributed by atoms with Gasteiger partial charge in [-0.3, -0.25) is 4.72 Å². The molecule has 5 heteroatoms. The summed E-state index contributed by atoms with van der Waals surface area (Å²) in [7, 11) is -3.46. The van der Waals surface area contributed by atoms with Crippen molar-refractivity contribution < 1.29 is 8.42 Å². The van der Waals surface area contributed by atoms with Gasteiger partial charge in [-0.1, -0.05) is 52.3 Å². The lowest BCUT2D eigenvalue weighted by molar-refractivity contribution is 0.600. The van der Waals surface area contributed by atoms with Crippen LogP contribution in [0.2, 0.25) is 0 Å². The van der Waals surface area contributed by atoms with Gasteiger partial charge in [-0.15, -0.1) is 0 Å². The van der Waals surface area contributed by atoms with Crippen molar-refractivity contribution in [2.75, 3.05) is 4.72 Å². The fourth-order valence-electron chi connectivity index (χ4n) is 3.34. The maximum Gasteiger partial charge on any atom is 0.236 e. The molecule has 3 aromatic rings. The summed E-state index contributed by atoms with van der Waals surface area (Å²) in [5, 5.41) is 2.20. The summed E-state index contributed by atoms with van der Waals surface area (Å²) in [5.74, 6) is -0.0385. The number of hydrogen-bond acceptors (Lipinski definition) is 2. The van der Waals surface area contributed by atoms with Crippen LogP contribution >= 0.6 is 15.9 Å². The van der Waals surface area contributed by atoms with E-state index in [9.17, 15) is 8.42 Å². The van der Waals surface area contributed by atoms with Crippen LogP contribution in [0.1, 0.15) is 16.7 Å². The summed E-state index contributed by atoms with van der Waals surface area (Å²) in [4.78, 5) is 0. The molecule has 122 valence electrons. The Morgan fingerprint density at radius 2 is 1.62 bits per heavy atom. The predicted molar refractivity (Wildman–Crippen MR) is 102 cm³/mol. The Kier molecular flexibility index (Phi) is 3.85. The second-order valence-electron chi connectivity index (χ2n) is 6.10. The molecule has 0 unspecified atom stereocenters. The highest BCUT2D eigenvalue weighted by Crippen LogP contribution is 2.35. The Labute approximate surface area is 149 Å². The Balaban J connectivity index is 1.68. The van der Waals surface area contributed by atoms with Gasteiger partial charge in [0.15, 0.2) is 0 Å². The molecule has 1 aliphatic rings. The lowest BCUT2D eigenvalue weighted by Crippen LogP contribution is -2.15. The number of benzene rings is 3. The third-order valence-electron chi connectivity index (χ3n) is 4.41. The molecule has 4 rings (SSSR count). The second kappa shape index (κ2) is 5.90. The molecule has 0 aliphatic heterocycles. The van der Waals surface area contributed by atoms with Crippen LogP contribution < -0.4 is 4.72 Å². The number of rotatable bonds is 4. The SMILES string of the molecule is O=S(=O)(Cc1ccc(Br)cc1)Nc1ccc2c3c(cccc13)CC2. The van der Waals surface area contributed by atoms with E-state index in [1.807, 2.05) is 48.5 Å². The third kappa shape index (κ3) is 2.94. The maximum atomic E-state index is 12.6. The molecule has 0 heterocycles. The largest absolute Gasteiger partial charge is 0.283 e. The topological polar surface area (TPSA) is 46.2 Å². The highest BCUT2D eigenvalue weighted by atomic mass is 79.9. The van der Waals surface area contributed by atoms with Crippen molar-refractivity contribution in [3.8, 4) is 0 Å². The normalized spacial score (nSPS) is 13.4. The van der Waals surface area contributed by atoms with E-state index in [1.165, 1.54) is 16.5 Å². The zero-order valence-electron chi connectivity index (χ0n) is 12.9. The monoisotopic (exact) mass is 401 g/mol. The first-order valence-corrected chi connectivity index (χ1v) is 10.2. The second-order valence-corrected chi connectivity index (χ2v) is 8.74. The number of nitrogens with one attached hydrogen (secondary N) is 1. The number of sulfonamides is 1. The molecule has 1 N–H and O–H groups in total. The van der Waals surface area contributed by atoms with Crippen molar-refractivity contribution in [1.29, 1.82) is 0 Å². The van der Waals surface area contributed by atoms with E-state index in [-0.39, 0.29) is 5.75 Å². The molecule has 24 heavy (non-hydrogen) atoms. The van der Waals surface area contributed by atoms with Gasteiger partial charge in [0.25, 0.3) is 0 Å². The van der Waals surface area contributed by atoms with Gasteiger partial charge in [0.05, 0.1) is 11.4 Å². The standard InChI is InChI=1S/C19H16BrNO2S/c20-16-9-4-13(5-10-16)12-24(22,23)21-18-11-8-15-7-6-14-2-1-3-17(18)19(14)15/h1-5,8-11,21H,6-7,12H2. The first-order valence-electron chi connectivity index (χ1n) is 7.80. The summed E-state index contributed by atoms with van der Waals surface area (Å²) in [6.07, 6.45) is 2.06. The number of aryl methyl sites for hydroxylation is 2. The minimum atomic E-state index is -3.46. The van der Waals surface area contributed by atoms with Gasteiger partial charge in [0, 0.05) is 9.86 Å². The van der Waals surface area contributed by atoms with E-state index in [2.05, 4.69) is 26.7 Å². The Bertz CT molecular complexity index is 1020. The van der Waals surface area contributed by atoms with Crippen molar-refractivity contribution in [1.82, 2.24) is 0 Å². The van der Waals surface area contributed by atoms with Crippen molar-refractivity contribution in [3.05, 3.63) is 75.8 Å². The van der Waals surface area contributed by atoms with E-state index < -0.39 is 10.0 Å². The van der Waals surface area contributed by atoms with Gasteiger partial charge >= 0.3 is 0 Å². The first-order chi connectivity index (χ1) is 11.5. The number of anilines is 1. The van der Waals surface area contributed by atoms with E-state index in [0.717, 1.165) is 28.3 Å². The Hall–Kier alpha value is -1.85. The van der Waals surface area contributed by atoms with Crippen molar-refractivity contribution in [2.24, 2.45) is 0 Å². The number of halogens is 1. The molecule has 0 radical (unpaired) electrons. The Morgan fingerprint density at radius 1 is 0.917 bits per heavy atom. The van der Waals surface area contributed by atoms with E-state index >= 15 is 0 Å². The lowest BCUT2D eigenvalue weighted by Gasteiger charge is -2.12. The molecular weight excluding hydrogens is 386 g/mol. The average Bonchev–Trinajstić information content (AvgIpc) is 2.97. The Morgan fingerprint density at radius 3 is 2.38 bits per heavy atom. The molecule has 0 amide bonds. The van der Waals surface area contributed by atoms with Gasteiger partial charge in [-0.2, -0.15) is 0 Å². The lowest BCUT2D eigenvalue weighted by atomic mass is 10.0. The smallest absolute Gasteiger partial charge is 0.236 e. The molecule has 0 spiro atoms. The van der Waals surface area contributed by atoms with Crippen LogP contribution in [0, 0.1) is 0 Å². The van der Waals surface area contributed by atoms with Crippen LogP contribution in [-0.2, 0) is 28.6 Å². The molecular formula is C19H16BrNO2S. The van der Waals surface area contributed by atoms with E-state index in [0.29, 0.717) is 5.69 Å². The fourth-order valence-corrected chi connectivity index (χ4v) is 4.82. The zero-order chi connectivity index (χ0) is 16.7. The minimum Gasteiger partial charge on any atom is -0.283 e. The van der Waals surface area contributed by atoms with Crippen molar-refractivity contribution >= 4 is 42.4 Å². The van der Waals surface area contributed by atoms with Crippen LogP contribution in [0.25, 0.3) is 10.8 Å². The maximum absolute atomic E-state index is 12.6.